The average Bonchev–Trinajstić information content (AvgIpc) is 3.07. The Bertz CT molecular complexity index is 737. The van der Waals surface area contributed by atoms with Gasteiger partial charge in [-0.1, -0.05) is 6.08 Å². The standard InChI is InChI=1S/C17H18N2O7/c1-3-25-15(21)17(16(22)26-4-2)10-5-11-18(17)14(20)12-6-8-13(9-7-12)19(23)24/h5-9,11H,3-4,10H2,1-2H3. The molecule has 0 aliphatic carbocycles. The van der Waals surface area contributed by atoms with Gasteiger partial charge in [-0.15, -0.1) is 0 Å². The quantitative estimate of drug-likeness (QED) is 0.328. The number of amides is 1. The Balaban J connectivity index is 2.41. The van der Waals surface area contributed by atoms with Crippen LogP contribution in [0.4, 0.5) is 5.69 Å². The molecule has 1 aromatic carbocycles. The number of benzene rings is 1. The van der Waals surface area contributed by atoms with Crippen molar-refractivity contribution in [2.75, 3.05) is 13.2 Å². The van der Waals surface area contributed by atoms with Gasteiger partial charge in [-0.2, -0.15) is 0 Å². The summed E-state index contributed by atoms with van der Waals surface area (Å²) >= 11 is 0. The molecule has 0 unspecified atom stereocenters. The third kappa shape index (κ3) is 3.28. The fourth-order valence-electron chi connectivity index (χ4n) is 2.61. The first-order valence-corrected chi connectivity index (χ1v) is 7.97. The van der Waals surface area contributed by atoms with Crippen LogP contribution in [0.2, 0.25) is 0 Å². The fourth-order valence-corrected chi connectivity index (χ4v) is 2.61. The third-order valence-corrected chi connectivity index (χ3v) is 3.85. The maximum Gasteiger partial charge on any atom is 0.344 e. The van der Waals surface area contributed by atoms with E-state index in [0.717, 1.165) is 4.90 Å². The van der Waals surface area contributed by atoms with Gasteiger partial charge in [-0.25, -0.2) is 9.59 Å². The number of non-ortho nitro benzene ring substituents is 1. The molecule has 1 heterocycles. The van der Waals surface area contributed by atoms with E-state index in [2.05, 4.69) is 0 Å². The molecule has 0 saturated heterocycles. The molecule has 0 aromatic heterocycles. The minimum absolute atomic E-state index is 0.0273. The van der Waals surface area contributed by atoms with Crippen LogP contribution in [0.25, 0.3) is 0 Å². The van der Waals surface area contributed by atoms with Crippen molar-refractivity contribution in [1.82, 2.24) is 4.90 Å². The van der Waals surface area contributed by atoms with Gasteiger partial charge in [0.05, 0.1) is 18.1 Å². The highest BCUT2D eigenvalue weighted by molar-refractivity contribution is 6.11. The normalized spacial score (nSPS) is 14.8. The van der Waals surface area contributed by atoms with Crippen LogP contribution in [0.5, 0.6) is 0 Å². The number of carbonyl (C=O) groups is 3. The van der Waals surface area contributed by atoms with Crippen LogP contribution < -0.4 is 0 Å². The van der Waals surface area contributed by atoms with Crippen LogP contribution in [0.15, 0.2) is 36.5 Å². The summed E-state index contributed by atoms with van der Waals surface area (Å²) in [4.78, 5) is 49.0. The minimum Gasteiger partial charge on any atom is -0.464 e. The number of nitro groups is 1. The summed E-state index contributed by atoms with van der Waals surface area (Å²) in [5, 5.41) is 10.7. The number of nitro benzene ring substituents is 1. The molecular formula is C17H18N2O7. The molecule has 0 N–H and O–H groups in total. The zero-order valence-electron chi connectivity index (χ0n) is 14.3. The van der Waals surface area contributed by atoms with Crippen LogP contribution in [-0.2, 0) is 19.1 Å². The van der Waals surface area contributed by atoms with Crippen molar-refractivity contribution < 1.29 is 28.8 Å². The van der Waals surface area contributed by atoms with Crippen LogP contribution in [0.3, 0.4) is 0 Å². The van der Waals surface area contributed by atoms with Crippen LogP contribution >= 0.6 is 0 Å². The zero-order valence-corrected chi connectivity index (χ0v) is 14.3. The van der Waals surface area contributed by atoms with Crippen LogP contribution in [0, 0.1) is 10.1 Å². The fraction of sp³-hybridized carbons (Fsp3) is 0.353. The lowest BCUT2D eigenvalue weighted by Gasteiger charge is -2.33. The van der Waals surface area contributed by atoms with E-state index in [1.165, 1.54) is 36.5 Å². The number of nitrogens with zero attached hydrogens (tertiary/aromatic N) is 2. The molecule has 0 fully saturated rings. The second-order valence-corrected chi connectivity index (χ2v) is 5.37. The topological polar surface area (TPSA) is 116 Å². The first-order chi connectivity index (χ1) is 12.4. The smallest absolute Gasteiger partial charge is 0.344 e. The molecule has 26 heavy (non-hydrogen) atoms. The largest absolute Gasteiger partial charge is 0.464 e. The molecule has 1 aliphatic heterocycles. The molecule has 0 saturated carbocycles. The van der Waals surface area contributed by atoms with E-state index in [1.54, 1.807) is 13.8 Å². The molecule has 1 aliphatic rings. The SMILES string of the molecule is CCOC(=O)C1(C(=O)OCC)CC=CN1C(=O)c1ccc([N+](=O)[O-])cc1. The van der Waals surface area contributed by atoms with Crippen LogP contribution in [-0.4, -0.2) is 46.4 Å². The number of rotatable bonds is 6. The van der Waals surface area contributed by atoms with Crippen molar-refractivity contribution in [3.63, 3.8) is 0 Å². The maximum absolute atomic E-state index is 12.9. The van der Waals surface area contributed by atoms with Crippen molar-refractivity contribution >= 4 is 23.5 Å². The van der Waals surface area contributed by atoms with E-state index in [9.17, 15) is 24.5 Å². The van der Waals surface area contributed by atoms with E-state index < -0.39 is 28.3 Å². The lowest BCUT2D eigenvalue weighted by molar-refractivity contribution is -0.384. The average molecular weight is 362 g/mol. The highest BCUT2D eigenvalue weighted by Crippen LogP contribution is 2.32. The molecule has 1 aromatic rings. The van der Waals surface area contributed by atoms with Gasteiger partial charge in [-0.3, -0.25) is 19.8 Å². The molecule has 0 bridgehead atoms. The Morgan fingerprint density at radius 3 is 2.12 bits per heavy atom. The molecule has 9 heteroatoms. The van der Waals surface area contributed by atoms with Gasteiger partial charge < -0.3 is 9.47 Å². The third-order valence-electron chi connectivity index (χ3n) is 3.85. The lowest BCUT2D eigenvalue weighted by Crippen LogP contribution is -2.59. The number of hydrogen-bond donors (Lipinski definition) is 0. The van der Waals surface area contributed by atoms with E-state index in [0.29, 0.717) is 0 Å². The van der Waals surface area contributed by atoms with Crippen molar-refractivity contribution in [2.24, 2.45) is 0 Å². The molecule has 138 valence electrons. The Morgan fingerprint density at radius 2 is 1.65 bits per heavy atom. The van der Waals surface area contributed by atoms with Gasteiger partial charge in [0.15, 0.2) is 0 Å². The Kier molecular flexibility index (Phi) is 5.71. The van der Waals surface area contributed by atoms with Gasteiger partial charge in [0.2, 0.25) is 5.54 Å². The predicted octanol–water partition coefficient (Wildman–Crippen LogP) is 1.82. The van der Waals surface area contributed by atoms with Gasteiger partial charge in [0.1, 0.15) is 0 Å². The number of ether oxygens (including phenoxy) is 2. The van der Waals surface area contributed by atoms with Gasteiger partial charge >= 0.3 is 11.9 Å². The summed E-state index contributed by atoms with van der Waals surface area (Å²) in [6.07, 6.45) is 2.73. The second-order valence-electron chi connectivity index (χ2n) is 5.37. The Labute approximate surface area is 149 Å². The molecule has 9 nitrogen and oxygen atoms in total. The Morgan fingerprint density at radius 1 is 1.12 bits per heavy atom. The van der Waals surface area contributed by atoms with Gasteiger partial charge in [0.25, 0.3) is 11.6 Å². The first kappa shape index (κ1) is 19.1. The number of hydrogen-bond acceptors (Lipinski definition) is 7. The number of carbonyl (C=O) groups excluding carboxylic acids is 3. The van der Waals surface area contributed by atoms with Crippen molar-refractivity contribution in [1.29, 1.82) is 0 Å². The summed E-state index contributed by atoms with van der Waals surface area (Å²) in [5.41, 5.74) is -2.04. The molecule has 2 rings (SSSR count). The number of esters is 2. The van der Waals surface area contributed by atoms with E-state index in [4.69, 9.17) is 9.47 Å². The molecule has 0 spiro atoms. The van der Waals surface area contributed by atoms with E-state index >= 15 is 0 Å². The minimum atomic E-state index is -1.94. The summed E-state index contributed by atoms with van der Waals surface area (Å²) < 4.78 is 10.0. The highest BCUT2D eigenvalue weighted by Gasteiger charge is 2.56. The van der Waals surface area contributed by atoms with Gasteiger partial charge in [-0.05, 0) is 26.0 Å². The maximum atomic E-state index is 12.9. The summed E-state index contributed by atoms with van der Waals surface area (Å²) in [7, 11) is 0. The Hall–Kier alpha value is -3.23. The molecule has 0 radical (unpaired) electrons. The molecular weight excluding hydrogens is 344 g/mol. The van der Waals surface area contributed by atoms with E-state index in [1.807, 2.05) is 0 Å². The predicted molar refractivity (Wildman–Crippen MR) is 89.0 cm³/mol. The van der Waals surface area contributed by atoms with E-state index in [-0.39, 0.29) is 30.9 Å². The first-order valence-electron chi connectivity index (χ1n) is 7.97. The molecule has 0 atom stereocenters. The van der Waals surface area contributed by atoms with Crippen molar-refractivity contribution in [3.05, 3.63) is 52.2 Å². The second kappa shape index (κ2) is 7.77. The van der Waals surface area contributed by atoms with Crippen molar-refractivity contribution in [2.45, 2.75) is 25.8 Å². The summed E-state index contributed by atoms with van der Waals surface area (Å²) in [6, 6.07) is 4.86. The van der Waals surface area contributed by atoms with Gasteiger partial charge in [0, 0.05) is 30.3 Å². The summed E-state index contributed by atoms with van der Waals surface area (Å²) in [5.74, 6) is -2.45. The summed E-state index contributed by atoms with van der Waals surface area (Å²) in [6.45, 7) is 3.22. The van der Waals surface area contributed by atoms with Crippen molar-refractivity contribution in [3.8, 4) is 0 Å². The monoisotopic (exact) mass is 362 g/mol. The molecule has 1 amide bonds. The highest BCUT2D eigenvalue weighted by atomic mass is 16.6. The van der Waals surface area contributed by atoms with Crippen LogP contribution in [0.1, 0.15) is 30.6 Å². The zero-order chi connectivity index (χ0) is 19.3. The lowest BCUT2D eigenvalue weighted by atomic mass is 9.95.